The van der Waals surface area contributed by atoms with E-state index in [1.165, 1.54) is 0 Å². The van der Waals surface area contributed by atoms with Gasteiger partial charge in [0.2, 0.25) is 0 Å². The molecule has 0 saturated heterocycles. The molecular formula is C21H21BrN2O4. The Morgan fingerprint density at radius 3 is 2.71 bits per heavy atom. The third-order valence-corrected chi connectivity index (χ3v) is 6.40. The number of carboxylic acid groups (broad SMARTS) is 1. The van der Waals surface area contributed by atoms with Crippen LogP contribution in [-0.2, 0) is 11.2 Å². The first-order valence-corrected chi connectivity index (χ1v) is 10.1. The smallest absolute Gasteiger partial charge is 0.306 e. The van der Waals surface area contributed by atoms with Crippen LogP contribution in [0, 0.1) is 5.92 Å². The number of carboxylic acids is 1. The molecule has 146 valence electrons. The van der Waals surface area contributed by atoms with Crippen LogP contribution in [0.4, 0.5) is 0 Å². The minimum absolute atomic E-state index is 0.0127. The lowest BCUT2D eigenvalue weighted by Crippen LogP contribution is -2.50. The number of carbonyl (C=O) groups is 2. The van der Waals surface area contributed by atoms with Crippen molar-refractivity contribution in [3.8, 4) is 0 Å². The molecule has 1 aliphatic carbocycles. The predicted octanol–water partition coefficient (Wildman–Crippen LogP) is 3.20. The van der Waals surface area contributed by atoms with Crippen LogP contribution in [0.2, 0.25) is 0 Å². The van der Waals surface area contributed by atoms with Crippen LogP contribution in [0.15, 0.2) is 47.1 Å². The topological polar surface area (TPSA) is 90.7 Å². The highest BCUT2D eigenvalue weighted by atomic mass is 79.9. The molecule has 1 saturated carbocycles. The van der Waals surface area contributed by atoms with Crippen molar-refractivity contribution < 1.29 is 19.8 Å². The second-order valence-electron chi connectivity index (χ2n) is 7.77. The van der Waals surface area contributed by atoms with Crippen molar-refractivity contribution in [1.82, 2.24) is 9.88 Å². The molecule has 0 bridgehead atoms. The zero-order valence-electron chi connectivity index (χ0n) is 15.2. The van der Waals surface area contributed by atoms with E-state index in [-0.39, 0.29) is 24.3 Å². The van der Waals surface area contributed by atoms with Gasteiger partial charge in [-0.05, 0) is 58.5 Å². The number of hydrogen-bond donors (Lipinski definition) is 2. The van der Waals surface area contributed by atoms with Crippen molar-refractivity contribution in [3.63, 3.8) is 0 Å². The van der Waals surface area contributed by atoms with Crippen molar-refractivity contribution >= 4 is 27.8 Å². The van der Waals surface area contributed by atoms with Crippen molar-refractivity contribution in [2.45, 2.75) is 37.3 Å². The summed E-state index contributed by atoms with van der Waals surface area (Å²) < 4.78 is 0.909. The number of aromatic nitrogens is 1. The number of carbonyl (C=O) groups excluding carboxylic acids is 1. The Morgan fingerprint density at radius 2 is 2.00 bits per heavy atom. The molecule has 7 heteroatoms. The molecule has 1 amide bonds. The van der Waals surface area contributed by atoms with Gasteiger partial charge in [0, 0.05) is 29.2 Å². The van der Waals surface area contributed by atoms with Gasteiger partial charge in [0.25, 0.3) is 5.91 Å². The van der Waals surface area contributed by atoms with E-state index in [9.17, 15) is 14.7 Å². The van der Waals surface area contributed by atoms with E-state index in [1.807, 2.05) is 41.3 Å². The molecule has 1 unspecified atom stereocenters. The average molecular weight is 445 g/mol. The fourth-order valence-corrected chi connectivity index (χ4v) is 4.89. The molecule has 2 aliphatic rings. The van der Waals surface area contributed by atoms with E-state index in [2.05, 4.69) is 20.9 Å². The van der Waals surface area contributed by atoms with Crippen molar-refractivity contribution in [3.05, 3.63) is 63.9 Å². The van der Waals surface area contributed by atoms with E-state index < -0.39 is 11.6 Å². The second-order valence-corrected chi connectivity index (χ2v) is 8.62. The summed E-state index contributed by atoms with van der Waals surface area (Å²) in [7, 11) is 0. The van der Waals surface area contributed by atoms with Crippen LogP contribution in [0.3, 0.4) is 0 Å². The molecular weight excluding hydrogens is 424 g/mol. The number of hydrogen-bond acceptors (Lipinski definition) is 4. The summed E-state index contributed by atoms with van der Waals surface area (Å²) in [5, 5.41) is 19.2. The summed E-state index contributed by atoms with van der Waals surface area (Å²) in [6, 6.07) is 11.3. The van der Waals surface area contributed by atoms with E-state index in [0.717, 1.165) is 15.7 Å². The quantitative estimate of drug-likeness (QED) is 0.713. The zero-order chi connectivity index (χ0) is 19.9. The first-order chi connectivity index (χ1) is 13.4. The maximum absolute atomic E-state index is 13.0. The summed E-state index contributed by atoms with van der Waals surface area (Å²) in [4.78, 5) is 30.3. The fraction of sp³-hybridized carbons (Fsp3) is 0.381. The number of nitrogens with zero attached hydrogens (tertiary/aromatic N) is 2. The number of aliphatic hydroxyl groups is 1. The number of fused-ring (bicyclic) bond motifs is 1. The van der Waals surface area contributed by atoms with E-state index in [1.54, 1.807) is 6.20 Å². The largest absolute Gasteiger partial charge is 0.481 e. The number of halogens is 1. The number of aliphatic carboxylic acids is 1. The lowest BCUT2D eigenvalue weighted by Gasteiger charge is -2.45. The second kappa shape index (κ2) is 7.29. The van der Waals surface area contributed by atoms with Gasteiger partial charge >= 0.3 is 5.97 Å². The number of rotatable bonds is 6. The molecule has 2 aromatic rings. The highest BCUT2D eigenvalue weighted by Crippen LogP contribution is 2.44. The van der Waals surface area contributed by atoms with Crippen LogP contribution in [0.25, 0.3) is 0 Å². The number of benzene rings is 1. The van der Waals surface area contributed by atoms with Gasteiger partial charge in [0.05, 0.1) is 23.8 Å². The summed E-state index contributed by atoms with van der Waals surface area (Å²) >= 11 is 3.54. The molecule has 6 nitrogen and oxygen atoms in total. The van der Waals surface area contributed by atoms with Crippen molar-refractivity contribution in [1.29, 1.82) is 0 Å². The third kappa shape index (κ3) is 3.56. The molecule has 2 N–H and O–H groups in total. The lowest BCUT2D eigenvalue weighted by atomic mass is 9.69. The highest BCUT2D eigenvalue weighted by Gasteiger charge is 2.47. The Hall–Kier alpha value is -2.25. The first-order valence-electron chi connectivity index (χ1n) is 9.30. The van der Waals surface area contributed by atoms with Gasteiger partial charge in [-0.2, -0.15) is 0 Å². The number of amides is 1. The van der Waals surface area contributed by atoms with E-state index in [4.69, 9.17) is 5.11 Å². The minimum atomic E-state index is -1.15. The molecule has 1 aliphatic heterocycles. The molecule has 28 heavy (non-hydrogen) atoms. The SMILES string of the molecule is O=C(O)CC1(O)CC(CN2C(=O)c3ccccc3C2Cc2ncccc2Br)C1. The van der Waals surface area contributed by atoms with Gasteiger partial charge < -0.3 is 15.1 Å². The van der Waals surface area contributed by atoms with Crippen LogP contribution in [-0.4, -0.2) is 44.1 Å². The van der Waals surface area contributed by atoms with E-state index in [0.29, 0.717) is 31.4 Å². The molecule has 2 heterocycles. The van der Waals surface area contributed by atoms with Crippen molar-refractivity contribution in [2.75, 3.05) is 6.54 Å². The Bertz CT molecular complexity index is 926. The minimum Gasteiger partial charge on any atom is -0.481 e. The molecule has 4 rings (SSSR count). The zero-order valence-corrected chi connectivity index (χ0v) is 16.8. The monoisotopic (exact) mass is 444 g/mol. The summed E-state index contributed by atoms with van der Waals surface area (Å²) in [5.41, 5.74) is 1.44. The maximum atomic E-state index is 13.0. The predicted molar refractivity (Wildman–Crippen MR) is 106 cm³/mol. The van der Waals surface area contributed by atoms with Gasteiger partial charge in [-0.3, -0.25) is 14.6 Å². The Balaban J connectivity index is 1.55. The number of pyridine rings is 1. The van der Waals surface area contributed by atoms with Crippen LogP contribution in [0.1, 0.15) is 46.9 Å². The third-order valence-electron chi connectivity index (χ3n) is 5.68. The lowest BCUT2D eigenvalue weighted by molar-refractivity contribution is -0.151. The van der Waals surface area contributed by atoms with Crippen LogP contribution >= 0.6 is 15.9 Å². The molecule has 1 aromatic carbocycles. The van der Waals surface area contributed by atoms with Crippen LogP contribution in [0.5, 0.6) is 0 Å². The Morgan fingerprint density at radius 1 is 1.25 bits per heavy atom. The Labute approximate surface area is 171 Å². The molecule has 1 fully saturated rings. The fourth-order valence-electron chi connectivity index (χ4n) is 4.48. The average Bonchev–Trinajstić information content (AvgIpc) is 2.88. The molecule has 0 radical (unpaired) electrons. The molecule has 0 spiro atoms. The van der Waals surface area contributed by atoms with Gasteiger partial charge in [0.15, 0.2) is 0 Å². The normalized spacial score (nSPS) is 26.1. The van der Waals surface area contributed by atoms with E-state index >= 15 is 0 Å². The Kier molecular flexibility index (Phi) is 4.97. The standard InChI is InChI=1S/C21H21BrN2O4/c22-16-6-3-7-23-17(16)8-18-14-4-1-2-5-15(14)20(27)24(18)12-13-9-21(28,10-13)11-19(25)26/h1-7,13,18,28H,8-12H2,(H,25,26). The van der Waals surface area contributed by atoms with Crippen molar-refractivity contribution in [2.24, 2.45) is 5.92 Å². The van der Waals surface area contributed by atoms with Gasteiger partial charge in [-0.25, -0.2) is 0 Å². The summed E-state index contributed by atoms with van der Waals surface area (Å²) in [6.45, 7) is 0.505. The highest BCUT2D eigenvalue weighted by molar-refractivity contribution is 9.10. The maximum Gasteiger partial charge on any atom is 0.306 e. The van der Waals surface area contributed by atoms with Gasteiger partial charge in [-0.15, -0.1) is 0 Å². The van der Waals surface area contributed by atoms with Gasteiger partial charge in [0.1, 0.15) is 0 Å². The first kappa shape index (κ1) is 19.1. The molecule has 1 atom stereocenters. The van der Waals surface area contributed by atoms with Crippen LogP contribution < -0.4 is 0 Å². The molecule has 1 aromatic heterocycles. The summed E-state index contributed by atoms with van der Waals surface area (Å²) in [5.74, 6) is -0.915. The van der Waals surface area contributed by atoms with Gasteiger partial charge in [-0.1, -0.05) is 18.2 Å². The summed E-state index contributed by atoms with van der Waals surface area (Å²) in [6.07, 6.45) is 2.89.